The molecule has 1 atom stereocenters. The van der Waals surface area contributed by atoms with Gasteiger partial charge in [0.05, 0.1) is 0 Å². The number of hydrogen-bond donors (Lipinski definition) is 1. The second kappa shape index (κ2) is 5.31. The Hall–Kier alpha value is -1.36. The lowest BCUT2D eigenvalue weighted by Crippen LogP contribution is -2.44. The maximum absolute atomic E-state index is 5.83. The minimum absolute atomic E-state index is 0.425. The van der Waals surface area contributed by atoms with Crippen molar-refractivity contribution in [2.45, 2.75) is 25.3 Å². The lowest BCUT2D eigenvalue weighted by Gasteiger charge is -2.36. The molecule has 0 amide bonds. The Morgan fingerprint density at radius 2 is 2.24 bits per heavy atom. The van der Waals surface area contributed by atoms with E-state index in [1.807, 2.05) is 25.1 Å². The molecular formula is C12H21N5. The van der Waals surface area contributed by atoms with Crippen LogP contribution in [-0.2, 0) is 0 Å². The Bertz CT molecular complexity index is 366. The summed E-state index contributed by atoms with van der Waals surface area (Å²) in [5.74, 6) is 1.94. The number of hydrogen-bond acceptors (Lipinski definition) is 5. The van der Waals surface area contributed by atoms with Crippen molar-refractivity contribution in [3.05, 3.63) is 12.4 Å². The second-order valence-corrected chi connectivity index (χ2v) is 4.71. The molecule has 1 unspecified atom stereocenters. The zero-order valence-electron chi connectivity index (χ0n) is 10.6. The van der Waals surface area contributed by atoms with E-state index in [1.54, 1.807) is 6.33 Å². The predicted octanol–water partition coefficient (Wildman–Crippen LogP) is 0.860. The van der Waals surface area contributed by atoms with Crippen molar-refractivity contribution >= 4 is 11.6 Å². The minimum Gasteiger partial charge on any atom is -0.363 e. The fourth-order valence-corrected chi connectivity index (χ4v) is 2.29. The van der Waals surface area contributed by atoms with Crippen molar-refractivity contribution in [2.75, 3.05) is 37.0 Å². The molecule has 5 nitrogen and oxygen atoms in total. The second-order valence-electron chi connectivity index (χ2n) is 4.71. The molecule has 0 bridgehead atoms. The van der Waals surface area contributed by atoms with Crippen molar-refractivity contribution in [2.24, 2.45) is 5.73 Å². The molecule has 0 aliphatic carbocycles. The van der Waals surface area contributed by atoms with Gasteiger partial charge in [-0.1, -0.05) is 0 Å². The van der Waals surface area contributed by atoms with Crippen LogP contribution in [0, 0.1) is 0 Å². The molecule has 17 heavy (non-hydrogen) atoms. The normalized spacial score (nSPS) is 20.4. The van der Waals surface area contributed by atoms with Gasteiger partial charge in [0.15, 0.2) is 0 Å². The number of piperidine rings is 1. The van der Waals surface area contributed by atoms with Gasteiger partial charge in [-0.15, -0.1) is 0 Å². The van der Waals surface area contributed by atoms with E-state index in [9.17, 15) is 0 Å². The first kappa shape index (κ1) is 12.1. The smallest absolute Gasteiger partial charge is 0.134 e. The van der Waals surface area contributed by atoms with E-state index in [2.05, 4.69) is 14.9 Å². The van der Waals surface area contributed by atoms with Crippen molar-refractivity contribution in [1.29, 1.82) is 0 Å². The van der Waals surface area contributed by atoms with Gasteiger partial charge in [-0.2, -0.15) is 0 Å². The highest BCUT2D eigenvalue weighted by molar-refractivity contribution is 5.50. The summed E-state index contributed by atoms with van der Waals surface area (Å²) in [6, 6.07) is 2.46. The highest BCUT2D eigenvalue weighted by atomic mass is 15.2. The molecule has 1 aliphatic rings. The van der Waals surface area contributed by atoms with Gasteiger partial charge in [0.25, 0.3) is 0 Å². The molecule has 2 rings (SSSR count). The van der Waals surface area contributed by atoms with E-state index in [0.29, 0.717) is 12.6 Å². The Balaban J connectivity index is 2.22. The quantitative estimate of drug-likeness (QED) is 0.842. The third kappa shape index (κ3) is 2.66. The van der Waals surface area contributed by atoms with Crippen LogP contribution >= 0.6 is 0 Å². The van der Waals surface area contributed by atoms with Crippen LogP contribution in [0.2, 0.25) is 0 Å². The van der Waals surface area contributed by atoms with E-state index < -0.39 is 0 Å². The largest absolute Gasteiger partial charge is 0.363 e. The van der Waals surface area contributed by atoms with Gasteiger partial charge in [0.2, 0.25) is 0 Å². The molecule has 1 aliphatic heterocycles. The van der Waals surface area contributed by atoms with Crippen LogP contribution < -0.4 is 15.5 Å². The first-order valence-corrected chi connectivity index (χ1v) is 6.18. The number of nitrogens with two attached hydrogens (primary N) is 1. The van der Waals surface area contributed by atoms with Crippen molar-refractivity contribution in [3.8, 4) is 0 Å². The van der Waals surface area contributed by atoms with E-state index in [1.165, 1.54) is 12.8 Å². The number of rotatable bonds is 3. The average Bonchev–Trinajstić information content (AvgIpc) is 2.39. The molecule has 1 saturated heterocycles. The lowest BCUT2D eigenvalue weighted by atomic mass is 10.0. The van der Waals surface area contributed by atoms with E-state index in [0.717, 1.165) is 24.6 Å². The Morgan fingerprint density at radius 3 is 2.94 bits per heavy atom. The van der Waals surface area contributed by atoms with E-state index in [4.69, 9.17) is 5.73 Å². The summed E-state index contributed by atoms with van der Waals surface area (Å²) in [6.45, 7) is 1.74. The summed E-state index contributed by atoms with van der Waals surface area (Å²) in [6.07, 6.45) is 5.28. The van der Waals surface area contributed by atoms with Crippen LogP contribution in [-0.4, -0.2) is 43.2 Å². The molecule has 0 saturated carbocycles. The van der Waals surface area contributed by atoms with Gasteiger partial charge in [0.1, 0.15) is 18.0 Å². The van der Waals surface area contributed by atoms with Crippen molar-refractivity contribution < 1.29 is 0 Å². The van der Waals surface area contributed by atoms with Crippen molar-refractivity contribution in [1.82, 2.24) is 9.97 Å². The minimum atomic E-state index is 0.425. The molecule has 0 spiro atoms. The number of nitrogens with zero attached hydrogens (tertiary/aromatic N) is 4. The van der Waals surface area contributed by atoms with Crippen LogP contribution in [0.1, 0.15) is 19.3 Å². The van der Waals surface area contributed by atoms with Crippen LogP contribution in [0.15, 0.2) is 12.4 Å². The molecule has 1 fully saturated rings. The molecule has 2 heterocycles. The summed E-state index contributed by atoms with van der Waals surface area (Å²) in [4.78, 5) is 12.9. The van der Waals surface area contributed by atoms with Crippen molar-refractivity contribution in [3.63, 3.8) is 0 Å². The fraction of sp³-hybridized carbons (Fsp3) is 0.667. The third-order valence-corrected chi connectivity index (χ3v) is 3.29. The van der Waals surface area contributed by atoms with Crippen LogP contribution in [0.25, 0.3) is 0 Å². The summed E-state index contributed by atoms with van der Waals surface area (Å²) in [5.41, 5.74) is 5.83. The Morgan fingerprint density at radius 1 is 1.41 bits per heavy atom. The first-order chi connectivity index (χ1) is 8.22. The van der Waals surface area contributed by atoms with E-state index in [-0.39, 0.29) is 0 Å². The molecular weight excluding hydrogens is 214 g/mol. The number of aromatic nitrogens is 2. The van der Waals surface area contributed by atoms with Gasteiger partial charge in [-0.05, 0) is 19.3 Å². The topological polar surface area (TPSA) is 58.3 Å². The SMILES string of the molecule is CN(C)c1cc(N2CCCCC2CN)ncn1. The zero-order chi connectivity index (χ0) is 12.3. The van der Waals surface area contributed by atoms with Gasteiger partial charge < -0.3 is 15.5 Å². The van der Waals surface area contributed by atoms with Gasteiger partial charge in [-0.25, -0.2) is 9.97 Å². The maximum atomic E-state index is 5.83. The third-order valence-electron chi connectivity index (χ3n) is 3.29. The van der Waals surface area contributed by atoms with Crippen LogP contribution in [0.5, 0.6) is 0 Å². The maximum Gasteiger partial charge on any atom is 0.134 e. The molecule has 1 aromatic rings. The number of anilines is 2. The Kier molecular flexibility index (Phi) is 3.78. The highest BCUT2D eigenvalue weighted by Crippen LogP contribution is 2.24. The van der Waals surface area contributed by atoms with Crippen LogP contribution in [0.4, 0.5) is 11.6 Å². The first-order valence-electron chi connectivity index (χ1n) is 6.18. The van der Waals surface area contributed by atoms with Crippen LogP contribution in [0.3, 0.4) is 0 Å². The summed E-state index contributed by atoms with van der Waals surface area (Å²) < 4.78 is 0. The standard InChI is InChI=1S/C12H21N5/c1-16(2)11-7-12(15-9-14-11)17-6-4-3-5-10(17)8-13/h7,9-10H,3-6,8,13H2,1-2H3. The lowest BCUT2D eigenvalue weighted by molar-refractivity contribution is 0.462. The molecule has 0 radical (unpaired) electrons. The molecule has 5 heteroatoms. The average molecular weight is 235 g/mol. The fourth-order valence-electron chi connectivity index (χ4n) is 2.29. The highest BCUT2D eigenvalue weighted by Gasteiger charge is 2.22. The molecule has 2 N–H and O–H groups in total. The van der Waals surface area contributed by atoms with E-state index >= 15 is 0 Å². The molecule has 1 aromatic heterocycles. The zero-order valence-corrected chi connectivity index (χ0v) is 10.6. The molecule has 94 valence electrons. The monoisotopic (exact) mass is 235 g/mol. The Labute approximate surface area is 103 Å². The summed E-state index contributed by atoms with van der Waals surface area (Å²) in [7, 11) is 3.98. The summed E-state index contributed by atoms with van der Waals surface area (Å²) >= 11 is 0. The van der Waals surface area contributed by atoms with Gasteiger partial charge in [-0.3, -0.25) is 0 Å². The molecule has 0 aromatic carbocycles. The summed E-state index contributed by atoms with van der Waals surface area (Å²) in [5, 5.41) is 0. The predicted molar refractivity (Wildman–Crippen MR) is 70.4 cm³/mol. The van der Waals surface area contributed by atoms with Gasteiger partial charge in [0, 0.05) is 39.3 Å². The van der Waals surface area contributed by atoms with Gasteiger partial charge >= 0.3 is 0 Å².